The van der Waals surface area contributed by atoms with Gasteiger partial charge in [-0.05, 0) is 24.7 Å². The van der Waals surface area contributed by atoms with Gasteiger partial charge in [-0.1, -0.05) is 35.0 Å². The van der Waals surface area contributed by atoms with Gasteiger partial charge in [0.15, 0.2) is 0 Å². The van der Waals surface area contributed by atoms with Gasteiger partial charge in [-0.15, -0.1) is 0 Å². The fraction of sp³-hybridized carbons (Fsp3) is 0.417. The van der Waals surface area contributed by atoms with Gasteiger partial charge in [0, 0.05) is 17.6 Å². The van der Waals surface area contributed by atoms with Crippen molar-refractivity contribution < 1.29 is 9.90 Å². The highest BCUT2D eigenvalue weighted by atomic mass is 79.9. The third-order valence-electron chi connectivity index (χ3n) is 2.37. The van der Waals surface area contributed by atoms with Gasteiger partial charge in [-0.2, -0.15) is 0 Å². The number of hydrogen-bond donors (Lipinski definition) is 1. The second-order valence-electron chi connectivity index (χ2n) is 4.06. The van der Waals surface area contributed by atoms with Gasteiger partial charge in [0.1, 0.15) is 0 Å². The average Bonchev–Trinajstić information content (AvgIpc) is 2.21. The topological polar surface area (TPSA) is 40.5 Å². The Balaban J connectivity index is 2.48. The summed E-state index contributed by atoms with van der Waals surface area (Å²) in [6.45, 7) is 3.05. The highest BCUT2D eigenvalue weighted by molar-refractivity contribution is 9.10. The average molecular weight is 286 g/mol. The van der Waals surface area contributed by atoms with Gasteiger partial charge in [0.05, 0.1) is 5.92 Å². The minimum Gasteiger partial charge on any atom is -0.481 e. The fourth-order valence-corrected chi connectivity index (χ4v) is 1.78. The van der Waals surface area contributed by atoms with E-state index in [0.717, 1.165) is 11.0 Å². The van der Waals surface area contributed by atoms with E-state index in [9.17, 15) is 4.79 Å². The molecule has 0 amide bonds. The van der Waals surface area contributed by atoms with Crippen LogP contribution in [0.25, 0.3) is 0 Å². The van der Waals surface area contributed by atoms with E-state index in [1.165, 1.54) is 5.56 Å². The minimum atomic E-state index is -0.748. The van der Waals surface area contributed by atoms with E-state index in [1.54, 1.807) is 6.92 Å². The summed E-state index contributed by atoms with van der Waals surface area (Å²) in [6, 6.07) is 8.05. The largest absolute Gasteiger partial charge is 0.481 e. The molecule has 0 spiro atoms. The first kappa shape index (κ1) is 13.2. The number of halogens is 1. The number of carboxylic acid groups (broad SMARTS) is 1. The maximum Gasteiger partial charge on any atom is 0.307 e. The lowest BCUT2D eigenvalue weighted by Crippen LogP contribution is -2.28. The highest BCUT2D eigenvalue weighted by Gasteiger charge is 2.13. The zero-order valence-electron chi connectivity index (χ0n) is 9.48. The lowest BCUT2D eigenvalue weighted by Gasteiger charge is -2.19. The Kier molecular flexibility index (Phi) is 4.96. The molecule has 0 saturated heterocycles. The van der Waals surface area contributed by atoms with Crippen molar-refractivity contribution in [2.24, 2.45) is 5.92 Å². The number of rotatable bonds is 5. The molecule has 0 aliphatic heterocycles. The van der Waals surface area contributed by atoms with Gasteiger partial charge in [0.2, 0.25) is 0 Å². The molecule has 0 aromatic heterocycles. The normalized spacial score (nSPS) is 12.8. The van der Waals surface area contributed by atoms with Crippen LogP contribution in [0.15, 0.2) is 28.7 Å². The first-order valence-corrected chi connectivity index (χ1v) is 5.94. The molecule has 1 aromatic carbocycles. The van der Waals surface area contributed by atoms with Gasteiger partial charge < -0.3 is 10.0 Å². The summed E-state index contributed by atoms with van der Waals surface area (Å²) < 4.78 is 1.05. The summed E-state index contributed by atoms with van der Waals surface area (Å²) in [5.74, 6) is -1.08. The van der Waals surface area contributed by atoms with Crippen molar-refractivity contribution in [2.45, 2.75) is 13.5 Å². The maximum atomic E-state index is 10.7. The van der Waals surface area contributed by atoms with Crippen molar-refractivity contribution in [3.8, 4) is 0 Å². The van der Waals surface area contributed by atoms with Crippen molar-refractivity contribution in [3.05, 3.63) is 34.3 Å². The van der Waals surface area contributed by atoms with Crippen molar-refractivity contribution in [1.29, 1.82) is 0 Å². The van der Waals surface area contributed by atoms with Crippen LogP contribution in [0, 0.1) is 5.92 Å². The first-order chi connectivity index (χ1) is 7.49. The van der Waals surface area contributed by atoms with Crippen LogP contribution in [0.5, 0.6) is 0 Å². The molecule has 0 radical (unpaired) electrons. The fourth-order valence-electron chi connectivity index (χ4n) is 1.51. The van der Waals surface area contributed by atoms with Crippen molar-refractivity contribution in [2.75, 3.05) is 13.6 Å². The van der Waals surface area contributed by atoms with Gasteiger partial charge in [0.25, 0.3) is 0 Å². The van der Waals surface area contributed by atoms with Gasteiger partial charge >= 0.3 is 5.97 Å². The van der Waals surface area contributed by atoms with Crippen LogP contribution < -0.4 is 0 Å². The van der Waals surface area contributed by atoms with E-state index in [1.807, 2.05) is 36.2 Å². The molecule has 4 heteroatoms. The third-order valence-corrected chi connectivity index (χ3v) is 2.90. The molecule has 1 atom stereocenters. The molecule has 0 bridgehead atoms. The summed E-state index contributed by atoms with van der Waals surface area (Å²) in [7, 11) is 1.93. The van der Waals surface area contributed by atoms with Crippen molar-refractivity contribution in [3.63, 3.8) is 0 Å². The molecule has 0 saturated carbocycles. The lowest BCUT2D eigenvalue weighted by atomic mass is 10.1. The zero-order chi connectivity index (χ0) is 12.1. The Hall–Kier alpha value is -0.870. The second-order valence-corrected chi connectivity index (χ2v) is 4.98. The molecule has 0 fully saturated rings. The molecular formula is C12H16BrNO2. The Morgan fingerprint density at radius 2 is 2.00 bits per heavy atom. The Morgan fingerprint density at radius 1 is 1.44 bits per heavy atom. The molecule has 1 aromatic rings. The van der Waals surface area contributed by atoms with Crippen LogP contribution in [0.1, 0.15) is 12.5 Å². The lowest BCUT2D eigenvalue weighted by molar-refractivity contribution is -0.141. The molecule has 1 N–H and O–H groups in total. The van der Waals surface area contributed by atoms with E-state index in [0.29, 0.717) is 6.54 Å². The van der Waals surface area contributed by atoms with Crippen LogP contribution in [-0.4, -0.2) is 29.6 Å². The third kappa shape index (κ3) is 4.33. The van der Waals surface area contributed by atoms with Crippen LogP contribution in [0.4, 0.5) is 0 Å². The molecular weight excluding hydrogens is 270 g/mol. The maximum absolute atomic E-state index is 10.7. The summed E-state index contributed by atoms with van der Waals surface area (Å²) in [5.41, 5.74) is 1.18. The Labute approximate surface area is 104 Å². The molecule has 0 aliphatic carbocycles. The zero-order valence-corrected chi connectivity index (χ0v) is 11.1. The number of carbonyl (C=O) groups is 1. The number of benzene rings is 1. The van der Waals surface area contributed by atoms with Crippen LogP contribution in [-0.2, 0) is 11.3 Å². The Bertz CT molecular complexity index is 351. The van der Waals surface area contributed by atoms with Gasteiger partial charge in [-0.3, -0.25) is 4.79 Å². The smallest absolute Gasteiger partial charge is 0.307 e. The molecule has 16 heavy (non-hydrogen) atoms. The summed E-state index contributed by atoms with van der Waals surface area (Å²) in [5, 5.41) is 8.80. The molecule has 0 aliphatic rings. The van der Waals surface area contributed by atoms with E-state index < -0.39 is 5.97 Å². The van der Waals surface area contributed by atoms with Crippen molar-refractivity contribution >= 4 is 21.9 Å². The highest BCUT2D eigenvalue weighted by Crippen LogP contribution is 2.12. The molecule has 3 nitrogen and oxygen atoms in total. The molecule has 1 rings (SSSR count). The van der Waals surface area contributed by atoms with E-state index in [2.05, 4.69) is 15.9 Å². The SMILES string of the molecule is CC(CN(C)Cc1ccc(Br)cc1)C(=O)O. The van der Waals surface area contributed by atoms with E-state index in [-0.39, 0.29) is 5.92 Å². The van der Waals surface area contributed by atoms with Crippen LogP contribution in [0.2, 0.25) is 0 Å². The number of aliphatic carboxylic acids is 1. The van der Waals surface area contributed by atoms with E-state index >= 15 is 0 Å². The number of hydrogen-bond acceptors (Lipinski definition) is 2. The summed E-state index contributed by atoms with van der Waals surface area (Å²) in [4.78, 5) is 12.7. The molecule has 0 heterocycles. The minimum absolute atomic E-state index is 0.333. The van der Waals surface area contributed by atoms with Crippen LogP contribution in [0.3, 0.4) is 0 Å². The van der Waals surface area contributed by atoms with Gasteiger partial charge in [-0.25, -0.2) is 0 Å². The summed E-state index contributed by atoms with van der Waals surface area (Å²) >= 11 is 3.38. The quantitative estimate of drug-likeness (QED) is 0.904. The predicted octanol–water partition coefficient (Wildman–Crippen LogP) is 2.60. The van der Waals surface area contributed by atoms with E-state index in [4.69, 9.17) is 5.11 Å². The molecule has 1 unspecified atom stereocenters. The monoisotopic (exact) mass is 285 g/mol. The summed E-state index contributed by atoms with van der Waals surface area (Å²) in [6.07, 6.45) is 0. The first-order valence-electron chi connectivity index (χ1n) is 5.15. The molecule has 88 valence electrons. The van der Waals surface area contributed by atoms with Crippen molar-refractivity contribution in [1.82, 2.24) is 4.90 Å². The Morgan fingerprint density at radius 3 is 2.50 bits per heavy atom. The number of carboxylic acids is 1. The standard InChI is InChI=1S/C12H16BrNO2/c1-9(12(15)16)7-14(2)8-10-3-5-11(13)6-4-10/h3-6,9H,7-8H2,1-2H3,(H,15,16). The van der Waals surface area contributed by atoms with Crippen LogP contribution >= 0.6 is 15.9 Å². The number of nitrogens with zero attached hydrogens (tertiary/aromatic N) is 1. The second kappa shape index (κ2) is 6.01. The predicted molar refractivity (Wildman–Crippen MR) is 67.3 cm³/mol.